The Morgan fingerprint density at radius 3 is 2.37 bits per heavy atom. The lowest BCUT2D eigenvalue weighted by Gasteiger charge is -2.18. The van der Waals surface area contributed by atoms with Crippen molar-refractivity contribution in [2.75, 3.05) is 25.7 Å². The fraction of sp³-hybridized carbons (Fsp3) is 0.207. The van der Waals surface area contributed by atoms with Crippen molar-refractivity contribution in [2.24, 2.45) is 0 Å². The first kappa shape index (κ1) is 27.1. The average molecular weight is 548 g/mol. The van der Waals surface area contributed by atoms with E-state index in [1.807, 2.05) is 48.5 Å². The van der Waals surface area contributed by atoms with Crippen LogP contribution in [0.1, 0.15) is 11.1 Å². The van der Waals surface area contributed by atoms with Crippen LogP contribution in [0, 0.1) is 11.3 Å². The predicted molar refractivity (Wildman–Crippen MR) is 149 cm³/mol. The monoisotopic (exact) mass is 547 g/mol. The molecule has 0 radical (unpaired) electrons. The predicted octanol–water partition coefficient (Wildman–Crippen LogP) is 5.14. The number of methoxy groups -OCH3 is 2. The van der Waals surface area contributed by atoms with E-state index >= 15 is 0 Å². The van der Waals surface area contributed by atoms with Gasteiger partial charge in [0, 0.05) is 17.3 Å². The Labute approximate surface area is 231 Å². The number of carbonyl (C=O) groups excluding carboxylic acids is 2. The van der Waals surface area contributed by atoms with Crippen molar-refractivity contribution >= 4 is 40.9 Å². The van der Waals surface area contributed by atoms with Gasteiger partial charge in [-0.25, -0.2) is 0 Å². The van der Waals surface area contributed by atoms with Crippen molar-refractivity contribution in [3.63, 3.8) is 0 Å². The number of nitrogens with one attached hydrogen (secondary N) is 1. The first-order valence-corrected chi connectivity index (χ1v) is 13.1. The summed E-state index contributed by atoms with van der Waals surface area (Å²) in [5.41, 5.74) is 2.38. The van der Waals surface area contributed by atoms with Gasteiger partial charge in [0.2, 0.25) is 5.91 Å². The van der Waals surface area contributed by atoms with Gasteiger partial charge >= 0.3 is 0 Å². The third-order valence-corrected chi connectivity index (χ3v) is 7.52. The minimum Gasteiger partial charge on any atom is -0.493 e. The molecule has 0 saturated carbocycles. The largest absolute Gasteiger partial charge is 0.493 e. The zero-order chi connectivity index (χ0) is 27.1. The summed E-state index contributed by atoms with van der Waals surface area (Å²) in [7, 11) is 3.13. The van der Waals surface area contributed by atoms with Crippen molar-refractivity contribution in [3.05, 3.63) is 99.5 Å². The molecule has 38 heavy (non-hydrogen) atoms. The SMILES string of the molecule is COc1ccc(CCNC(=O)/C(C#N)=C2\S[C@@H](Cc3ccc(Cl)cc3)C(=O)N2c2ccccc2)cc1OC. The zero-order valence-corrected chi connectivity index (χ0v) is 22.5. The Hall–Kier alpha value is -3.93. The second-order valence-corrected chi connectivity index (χ2v) is 10.1. The van der Waals surface area contributed by atoms with Crippen molar-refractivity contribution in [1.29, 1.82) is 5.26 Å². The number of hydrogen-bond acceptors (Lipinski definition) is 6. The molecule has 1 saturated heterocycles. The molecule has 0 aromatic heterocycles. The summed E-state index contributed by atoms with van der Waals surface area (Å²) >= 11 is 7.24. The van der Waals surface area contributed by atoms with Crippen LogP contribution in [0.2, 0.25) is 5.02 Å². The van der Waals surface area contributed by atoms with Crippen LogP contribution >= 0.6 is 23.4 Å². The van der Waals surface area contributed by atoms with Crippen LogP contribution in [0.5, 0.6) is 11.5 Å². The number of hydrogen-bond donors (Lipinski definition) is 1. The van der Waals surface area contributed by atoms with E-state index in [1.54, 1.807) is 44.6 Å². The number of halogens is 1. The maximum atomic E-state index is 13.5. The summed E-state index contributed by atoms with van der Waals surface area (Å²) in [6, 6.07) is 23.9. The number of ether oxygens (including phenoxy) is 2. The van der Waals surface area contributed by atoms with Gasteiger partial charge in [-0.2, -0.15) is 5.26 Å². The molecule has 9 heteroatoms. The Balaban J connectivity index is 1.55. The van der Waals surface area contributed by atoms with Crippen molar-refractivity contribution in [2.45, 2.75) is 18.1 Å². The van der Waals surface area contributed by atoms with Gasteiger partial charge in [0.15, 0.2) is 11.5 Å². The van der Waals surface area contributed by atoms with Gasteiger partial charge in [-0.3, -0.25) is 14.5 Å². The van der Waals surface area contributed by atoms with Gasteiger partial charge in [-0.1, -0.05) is 59.8 Å². The second kappa shape index (κ2) is 12.5. The standard InChI is InChI=1S/C29H26ClN3O4S/c1-36-24-13-10-20(16-25(24)37-2)14-15-32-27(34)23(18-31)29-33(22-6-4-3-5-7-22)28(35)26(38-29)17-19-8-11-21(30)12-9-19/h3-13,16,26H,14-15,17H2,1-2H3,(H,32,34)/b29-23-/t26-/m0/s1. The summed E-state index contributed by atoms with van der Waals surface area (Å²) in [6.45, 7) is 0.297. The Morgan fingerprint density at radius 2 is 1.71 bits per heavy atom. The molecule has 1 heterocycles. The molecule has 1 N–H and O–H groups in total. The number of carbonyl (C=O) groups is 2. The summed E-state index contributed by atoms with van der Waals surface area (Å²) in [5, 5.41) is 13.3. The molecule has 3 aromatic rings. The van der Waals surface area contributed by atoms with Crippen LogP contribution in [0.3, 0.4) is 0 Å². The average Bonchev–Trinajstić information content (AvgIpc) is 3.25. The number of amides is 2. The molecule has 4 rings (SSSR count). The number of para-hydroxylation sites is 1. The third kappa shape index (κ3) is 6.13. The Morgan fingerprint density at radius 1 is 1.03 bits per heavy atom. The maximum Gasteiger partial charge on any atom is 0.264 e. The van der Waals surface area contributed by atoms with E-state index in [0.29, 0.717) is 46.6 Å². The van der Waals surface area contributed by atoms with Gasteiger partial charge in [0.05, 0.1) is 19.5 Å². The molecule has 1 aliphatic heterocycles. The van der Waals surface area contributed by atoms with E-state index in [9.17, 15) is 14.9 Å². The van der Waals surface area contributed by atoms with Crippen LogP contribution in [-0.4, -0.2) is 37.8 Å². The fourth-order valence-corrected chi connectivity index (χ4v) is 5.51. The number of benzene rings is 3. The molecule has 3 aromatic carbocycles. The van der Waals surface area contributed by atoms with Gasteiger partial charge in [-0.05, 0) is 60.4 Å². The van der Waals surface area contributed by atoms with Crippen molar-refractivity contribution < 1.29 is 19.1 Å². The molecule has 0 aliphatic carbocycles. The Bertz CT molecular complexity index is 1390. The summed E-state index contributed by atoms with van der Waals surface area (Å²) in [6.07, 6.45) is 0.959. The van der Waals surface area contributed by atoms with E-state index in [-0.39, 0.29) is 11.5 Å². The summed E-state index contributed by atoms with van der Waals surface area (Å²) in [4.78, 5) is 28.2. The second-order valence-electron chi connectivity index (χ2n) is 8.43. The number of nitrogens with zero attached hydrogens (tertiary/aromatic N) is 2. The lowest BCUT2D eigenvalue weighted by molar-refractivity contribution is -0.117. The molecule has 1 aliphatic rings. The van der Waals surface area contributed by atoms with E-state index in [1.165, 1.54) is 16.7 Å². The summed E-state index contributed by atoms with van der Waals surface area (Å²) in [5.74, 6) is 0.504. The molecular formula is C29H26ClN3O4S. The van der Waals surface area contributed by atoms with E-state index < -0.39 is 11.2 Å². The molecule has 194 valence electrons. The molecule has 1 fully saturated rings. The fourth-order valence-electron chi connectivity index (χ4n) is 4.08. The van der Waals surface area contributed by atoms with E-state index in [4.69, 9.17) is 21.1 Å². The van der Waals surface area contributed by atoms with Crippen LogP contribution in [-0.2, 0) is 22.4 Å². The molecule has 0 bridgehead atoms. The highest BCUT2D eigenvalue weighted by Gasteiger charge is 2.40. The molecule has 0 spiro atoms. The highest BCUT2D eigenvalue weighted by Crippen LogP contribution is 2.42. The molecule has 0 unspecified atom stereocenters. The van der Waals surface area contributed by atoms with Crippen molar-refractivity contribution in [1.82, 2.24) is 5.32 Å². The normalized spacial score (nSPS) is 16.1. The molecule has 2 amide bonds. The quantitative estimate of drug-likeness (QED) is 0.294. The number of nitriles is 1. The third-order valence-electron chi connectivity index (χ3n) is 6.00. The van der Waals surface area contributed by atoms with Crippen LogP contribution in [0.15, 0.2) is 83.4 Å². The molecule has 1 atom stereocenters. The van der Waals surface area contributed by atoms with Crippen LogP contribution in [0.4, 0.5) is 5.69 Å². The first-order valence-electron chi connectivity index (χ1n) is 11.9. The minimum atomic E-state index is -0.531. The van der Waals surface area contributed by atoms with Crippen molar-refractivity contribution in [3.8, 4) is 17.6 Å². The Kier molecular flexibility index (Phi) is 8.95. The highest BCUT2D eigenvalue weighted by atomic mass is 35.5. The number of thioether (sulfide) groups is 1. The molecule has 7 nitrogen and oxygen atoms in total. The number of rotatable bonds is 9. The highest BCUT2D eigenvalue weighted by molar-refractivity contribution is 8.05. The van der Waals surface area contributed by atoms with Crippen LogP contribution < -0.4 is 19.7 Å². The number of anilines is 1. The lowest BCUT2D eigenvalue weighted by atomic mass is 10.1. The van der Waals surface area contributed by atoms with Gasteiger partial charge in [0.1, 0.15) is 16.7 Å². The summed E-state index contributed by atoms with van der Waals surface area (Å²) < 4.78 is 10.6. The minimum absolute atomic E-state index is 0.0990. The maximum absolute atomic E-state index is 13.5. The smallest absolute Gasteiger partial charge is 0.264 e. The lowest BCUT2D eigenvalue weighted by Crippen LogP contribution is -2.32. The van der Waals surface area contributed by atoms with Gasteiger partial charge in [-0.15, -0.1) is 0 Å². The topological polar surface area (TPSA) is 91.7 Å². The first-order chi connectivity index (χ1) is 18.4. The van der Waals surface area contributed by atoms with Crippen LogP contribution in [0.25, 0.3) is 0 Å². The van der Waals surface area contributed by atoms with Gasteiger partial charge in [0.25, 0.3) is 5.91 Å². The zero-order valence-electron chi connectivity index (χ0n) is 20.9. The van der Waals surface area contributed by atoms with Gasteiger partial charge < -0.3 is 14.8 Å². The van der Waals surface area contributed by atoms with E-state index in [2.05, 4.69) is 5.32 Å². The molecular weight excluding hydrogens is 522 g/mol. The van der Waals surface area contributed by atoms with E-state index in [0.717, 1.165) is 11.1 Å².